The maximum Gasteiger partial charge on any atom is 0.433 e. The molecule has 4 heterocycles. The van der Waals surface area contributed by atoms with Crippen LogP contribution in [0.25, 0.3) is 11.1 Å². The normalized spacial score (nSPS) is 21.3. The van der Waals surface area contributed by atoms with Crippen LogP contribution in [0.4, 0.5) is 29.1 Å². The Morgan fingerprint density at radius 1 is 1.28 bits per heavy atom. The topological polar surface area (TPSA) is 154 Å². The molecule has 240 valence electrons. The Labute approximate surface area is 261 Å². The molecule has 0 unspecified atom stereocenters. The van der Waals surface area contributed by atoms with E-state index >= 15 is 4.39 Å². The van der Waals surface area contributed by atoms with Crippen molar-refractivity contribution in [3.63, 3.8) is 0 Å². The Morgan fingerprint density at radius 3 is 2.63 bits per heavy atom. The van der Waals surface area contributed by atoms with E-state index in [4.69, 9.17) is 10.7 Å². The number of piperidine rings is 1. The molecule has 4 N–H and O–H groups in total. The number of aliphatic imine (C=N–C) groups is 1. The van der Waals surface area contributed by atoms with Gasteiger partial charge in [-0.2, -0.15) is 23.5 Å². The number of rotatable bonds is 7. The molecule has 2 aliphatic heterocycles. The molecule has 2 amide bonds. The van der Waals surface area contributed by atoms with Gasteiger partial charge in [0.05, 0.1) is 17.1 Å². The van der Waals surface area contributed by atoms with Crippen LogP contribution in [0.15, 0.2) is 29.3 Å². The minimum Gasteiger partial charge on any atom is -0.373 e. The van der Waals surface area contributed by atoms with Gasteiger partial charge < -0.3 is 21.3 Å². The molecule has 11 nitrogen and oxygen atoms in total. The highest BCUT2D eigenvalue weighted by atomic mass is 19.4. The number of carbonyl (C=O) groups is 2. The first kappa shape index (κ1) is 31.0. The molecule has 1 aliphatic carbocycles. The predicted octanol–water partition coefficient (Wildman–Crippen LogP) is 3.99. The smallest absolute Gasteiger partial charge is 0.373 e. The molecule has 0 bridgehead atoms. The second-order valence-electron chi connectivity index (χ2n) is 12.0. The zero-order valence-electron chi connectivity index (χ0n) is 25.3. The van der Waals surface area contributed by atoms with Crippen LogP contribution < -0.4 is 21.3 Å². The van der Waals surface area contributed by atoms with Gasteiger partial charge in [-0.1, -0.05) is 0 Å². The molecule has 2 fully saturated rings. The van der Waals surface area contributed by atoms with Crippen molar-refractivity contribution in [2.24, 2.45) is 10.7 Å². The first-order valence-corrected chi connectivity index (χ1v) is 14.8. The Balaban J connectivity index is 1.33. The minimum absolute atomic E-state index is 0.129. The molecule has 1 spiro atoms. The largest absolute Gasteiger partial charge is 0.433 e. The zero-order valence-corrected chi connectivity index (χ0v) is 25.3. The Morgan fingerprint density at radius 2 is 2.02 bits per heavy atom. The van der Waals surface area contributed by atoms with Crippen molar-refractivity contribution in [3.05, 3.63) is 58.3 Å². The second kappa shape index (κ2) is 11.1. The third-order valence-corrected chi connectivity index (χ3v) is 8.80. The Bertz CT molecular complexity index is 1840. The molecular formula is C31H31F4N9O2. The number of aromatic nitrogens is 3. The molecule has 6 rings (SSSR count). The van der Waals surface area contributed by atoms with E-state index < -0.39 is 29.1 Å². The van der Waals surface area contributed by atoms with Crippen molar-refractivity contribution >= 4 is 29.2 Å². The summed E-state index contributed by atoms with van der Waals surface area (Å²) in [7, 11) is 1.64. The van der Waals surface area contributed by atoms with Crippen LogP contribution in [0.2, 0.25) is 0 Å². The minimum atomic E-state index is -4.59. The number of halogens is 4. The molecule has 15 heteroatoms. The van der Waals surface area contributed by atoms with Gasteiger partial charge in [0, 0.05) is 43.1 Å². The number of nitrogens with zero attached hydrogens (tertiary/aromatic N) is 6. The average molecular weight is 638 g/mol. The van der Waals surface area contributed by atoms with Crippen LogP contribution in [0.1, 0.15) is 66.7 Å². The summed E-state index contributed by atoms with van der Waals surface area (Å²) in [6.45, 7) is 3.61. The van der Waals surface area contributed by atoms with Gasteiger partial charge in [-0.15, -0.1) is 0 Å². The summed E-state index contributed by atoms with van der Waals surface area (Å²) in [5.41, 5.74) is 5.50. The molecule has 46 heavy (non-hydrogen) atoms. The van der Waals surface area contributed by atoms with E-state index in [1.54, 1.807) is 20.0 Å². The third kappa shape index (κ3) is 5.31. The average Bonchev–Trinajstić information content (AvgIpc) is 3.72. The molecule has 1 saturated carbocycles. The van der Waals surface area contributed by atoms with E-state index in [1.807, 2.05) is 17.9 Å². The number of aryl methyl sites for hydroxylation is 1. The van der Waals surface area contributed by atoms with E-state index in [0.717, 1.165) is 6.07 Å². The lowest BCUT2D eigenvalue weighted by Gasteiger charge is -2.42. The van der Waals surface area contributed by atoms with Crippen molar-refractivity contribution in [3.8, 4) is 17.2 Å². The summed E-state index contributed by atoms with van der Waals surface area (Å²) < 4.78 is 57.1. The number of nitrogens with two attached hydrogens (primary N) is 1. The SMILES string of the molecule is CNc1c(-c2cc(F)c(C#N)c(N3CC[C@]4(C[C@@H]3C)N=C(c3ccc(C(F)(F)F)nc3C3CC3)NC4=O)c2)c(C)nn1CC(N)=O. The Hall–Kier alpha value is -5.00. The van der Waals surface area contributed by atoms with Gasteiger partial charge in [-0.3, -0.25) is 14.6 Å². The van der Waals surface area contributed by atoms with Crippen molar-refractivity contribution in [1.82, 2.24) is 20.1 Å². The number of hydrogen-bond donors (Lipinski definition) is 3. The predicted molar refractivity (Wildman–Crippen MR) is 160 cm³/mol. The van der Waals surface area contributed by atoms with Crippen LogP contribution in [0, 0.1) is 24.1 Å². The van der Waals surface area contributed by atoms with Gasteiger partial charge in [0.25, 0.3) is 5.91 Å². The summed E-state index contributed by atoms with van der Waals surface area (Å²) in [6, 6.07) is 6.73. The molecular weight excluding hydrogens is 606 g/mol. The van der Waals surface area contributed by atoms with Crippen LogP contribution in [0.5, 0.6) is 0 Å². The first-order valence-electron chi connectivity index (χ1n) is 14.8. The van der Waals surface area contributed by atoms with Gasteiger partial charge in [0.2, 0.25) is 5.91 Å². The second-order valence-corrected chi connectivity index (χ2v) is 12.0. The van der Waals surface area contributed by atoms with E-state index in [9.17, 15) is 28.0 Å². The number of hydrogen-bond acceptors (Lipinski definition) is 8. The number of alkyl halides is 3. The quantitative estimate of drug-likeness (QED) is 0.331. The van der Waals surface area contributed by atoms with Crippen molar-refractivity contribution in [1.29, 1.82) is 5.26 Å². The van der Waals surface area contributed by atoms with Gasteiger partial charge in [0.1, 0.15) is 46.9 Å². The lowest BCUT2D eigenvalue weighted by atomic mass is 9.83. The molecule has 2 atom stereocenters. The van der Waals surface area contributed by atoms with Crippen molar-refractivity contribution in [2.45, 2.75) is 69.8 Å². The molecule has 2 aromatic heterocycles. The number of nitrogens with one attached hydrogen (secondary N) is 2. The van der Waals surface area contributed by atoms with E-state index in [1.165, 1.54) is 16.8 Å². The summed E-state index contributed by atoms with van der Waals surface area (Å²) >= 11 is 0. The maximum atomic E-state index is 15.5. The fourth-order valence-electron chi connectivity index (χ4n) is 6.55. The standard InChI is InChI=1S/C31H31F4N9O2/c1-15-12-30(29(46)40-27(41-30)19-6-7-23(31(33,34)35)39-26(19)17-4-5-17)8-9-43(15)22-11-18(10-21(32)20(22)13-36)25-16(2)42-44(14-24(37)45)28(25)38-3/h6-7,10-11,15,17,38H,4-5,8-9,12,14H2,1-3H3,(H2,37,45)(H,40,41,46)/t15-,30+/m0/s1. The summed E-state index contributed by atoms with van der Waals surface area (Å²) in [6.07, 6.45) is -2.75. The highest BCUT2D eigenvalue weighted by Crippen LogP contribution is 2.44. The highest BCUT2D eigenvalue weighted by molar-refractivity contribution is 6.16. The van der Waals surface area contributed by atoms with Crippen LogP contribution in [-0.4, -0.2) is 57.6 Å². The number of benzene rings is 1. The molecule has 1 saturated heterocycles. The molecule has 3 aliphatic rings. The molecule has 1 aromatic carbocycles. The number of primary amides is 1. The summed E-state index contributed by atoms with van der Waals surface area (Å²) in [4.78, 5) is 35.6. The van der Waals surface area contributed by atoms with Gasteiger partial charge >= 0.3 is 6.18 Å². The zero-order chi connectivity index (χ0) is 33.1. The fraction of sp³-hybridized carbons (Fsp3) is 0.419. The van der Waals surface area contributed by atoms with Gasteiger partial charge in [0.15, 0.2) is 0 Å². The lowest BCUT2D eigenvalue weighted by Crippen LogP contribution is -2.53. The van der Waals surface area contributed by atoms with Crippen molar-refractivity contribution in [2.75, 3.05) is 23.8 Å². The van der Waals surface area contributed by atoms with E-state index in [2.05, 4.69) is 20.7 Å². The first-order chi connectivity index (χ1) is 21.8. The van der Waals surface area contributed by atoms with Crippen LogP contribution >= 0.6 is 0 Å². The van der Waals surface area contributed by atoms with E-state index in [-0.39, 0.29) is 60.9 Å². The number of anilines is 2. The van der Waals surface area contributed by atoms with Gasteiger partial charge in [-0.25, -0.2) is 14.1 Å². The van der Waals surface area contributed by atoms with E-state index in [0.29, 0.717) is 46.7 Å². The number of pyridine rings is 1. The van der Waals surface area contributed by atoms with Crippen LogP contribution in [-0.2, 0) is 22.3 Å². The third-order valence-electron chi connectivity index (χ3n) is 8.80. The number of amides is 2. The summed E-state index contributed by atoms with van der Waals surface area (Å²) in [5.74, 6) is -1.20. The highest BCUT2D eigenvalue weighted by Gasteiger charge is 2.49. The van der Waals surface area contributed by atoms with Gasteiger partial charge in [-0.05, 0) is 62.9 Å². The number of nitriles is 1. The van der Waals surface area contributed by atoms with Crippen molar-refractivity contribution < 1.29 is 27.2 Å². The monoisotopic (exact) mass is 637 g/mol. The van der Waals surface area contributed by atoms with Crippen LogP contribution in [0.3, 0.4) is 0 Å². The lowest BCUT2D eigenvalue weighted by molar-refractivity contribution is -0.141. The number of amidine groups is 1. The number of carbonyl (C=O) groups excluding carboxylic acids is 2. The molecule has 3 aromatic rings. The fourth-order valence-corrected chi connectivity index (χ4v) is 6.55. The molecule has 0 radical (unpaired) electrons. The Kier molecular flexibility index (Phi) is 7.49. The maximum absolute atomic E-state index is 15.5. The summed E-state index contributed by atoms with van der Waals surface area (Å²) in [5, 5.41) is 20.1.